The Labute approximate surface area is 145 Å². The van der Waals surface area contributed by atoms with Crippen LogP contribution in [0.25, 0.3) is 6.08 Å². The minimum absolute atomic E-state index is 0.133. The molecule has 1 saturated carbocycles. The highest BCUT2D eigenvalue weighted by Gasteiger charge is 2.28. The molecule has 130 valence electrons. The van der Waals surface area contributed by atoms with E-state index in [0.29, 0.717) is 11.6 Å². The number of methoxy groups -OCH3 is 1. The molecule has 2 N–H and O–H groups in total. The van der Waals surface area contributed by atoms with Gasteiger partial charge >= 0.3 is 0 Å². The molecule has 2 aliphatic rings. The highest BCUT2D eigenvalue weighted by Crippen LogP contribution is 2.27. The zero-order valence-corrected chi connectivity index (χ0v) is 14.3. The van der Waals surface area contributed by atoms with Gasteiger partial charge in [0.15, 0.2) is 0 Å². The number of nitrogens with one attached hydrogen (secondary N) is 1. The Bertz CT molecular complexity index is 947. The average molecular weight is 339 g/mol. The molecule has 1 aliphatic carbocycles. The van der Waals surface area contributed by atoms with Crippen LogP contribution in [0.2, 0.25) is 0 Å². The second-order valence-electron chi connectivity index (χ2n) is 6.47. The second kappa shape index (κ2) is 6.33. The van der Waals surface area contributed by atoms with Gasteiger partial charge in [-0.3, -0.25) is 4.57 Å². The van der Waals surface area contributed by atoms with Crippen LogP contribution in [0.4, 0.5) is 5.95 Å². The molecule has 0 saturated heterocycles. The molecule has 0 unspecified atom stereocenters. The Morgan fingerprint density at radius 3 is 3.08 bits per heavy atom. The lowest BCUT2D eigenvalue weighted by Gasteiger charge is -2.19. The van der Waals surface area contributed by atoms with E-state index in [2.05, 4.69) is 20.5 Å². The number of rotatable bonds is 4. The number of nitrogens with zero attached hydrogens (tertiary/aromatic N) is 4. The largest absolute Gasteiger partial charge is 0.493 e. The standard InChI is InChI=1S/C18H21N5O2/c1-23-17(24)15(9-11-6-7-13-12(8-11)10-19-22-13)21-18(23)20-14-4-3-5-16(14)25-2/h6-10,14,16,24H,3-5H2,1-2H3,(H,20,21)/b11-9+/t14-,16-/m0/s1. The van der Waals surface area contributed by atoms with Crippen molar-refractivity contribution in [2.75, 3.05) is 12.4 Å². The van der Waals surface area contributed by atoms with E-state index in [9.17, 15) is 5.11 Å². The molecule has 0 bridgehead atoms. The fourth-order valence-corrected chi connectivity index (χ4v) is 3.44. The van der Waals surface area contributed by atoms with Crippen LogP contribution in [-0.2, 0) is 11.8 Å². The Balaban J connectivity index is 1.64. The quantitative estimate of drug-likeness (QED) is 0.867. The van der Waals surface area contributed by atoms with Gasteiger partial charge in [0.1, 0.15) is 5.69 Å². The van der Waals surface area contributed by atoms with Gasteiger partial charge in [0.05, 0.1) is 23.7 Å². The van der Waals surface area contributed by atoms with Crippen LogP contribution in [0.3, 0.4) is 0 Å². The number of ether oxygens (including phenoxy) is 1. The number of aromatic hydroxyl groups is 1. The number of aromatic nitrogens is 2. The van der Waals surface area contributed by atoms with Crippen LogP contribution in [0, 0.1) is 0 Å². The first-order chi connectivity index (χ1) is 12.2. The summed E-state index contributed by atoms with van der Waals surface area (Å²) in [5.41, 5.74) is 1.50. The van der Waals surface area contributed by atoms with E-state index in [1.807, 2.05) is 24.3 Å². The van der Waals surface area contributed by atoms with Gasteiger partial charge in [-0.2, -0.15) is 10.2 Å². The number of hydrogen-bond acceptors (Lipinski definition) is 6. The third-order valence-corrected chi connectivity index (χ3v) is 4.88. The first-order valence-corrected chi connectivity index (χ1v) is 8.43. The molecule has 1 fully saturated rings. The zero-order valence-electron chi connectivity index (χ0n) is 14.3. The number of hydrogen-bond donors (Lipinski definition) is 2. The van der Waals surface area contributed by atoms with Gasteiger partial charge < -0.3 is 15.2 Å². The summed E-state index contributed by atoms with van der Waals surface area (Å²) >= 11 is 0. The first kappa shape index (κ1) is 15.8. The number of benzene rings is 1. The van der Waals surface area contributed by atoms with Crippen molar-refractivity contribution in [2.45, 2.75) is 31.4 Å². The van der Waals surface area contributed by atoms with Crippen molar-refractivity contribution < 1.29 is 9.84 Å². The fraction of sp³-hybridized carbons (Fsp3) is 0.389. The predicted molar refractivity (Wildman–Crippen MR) is 95.3 cm³/mol. The van der Waals surface area contributed by atoms with Crippen molar-refractivity contribution in [3.05, 3.63) is 40.0 Å². The van der Waals surface area contributed by atoms with Crippen LogP contribution >= 0.6 is 0 Å². The van der Waals surface area contributed by atoms with Crippen LogP contribution in [0.5, 0.6) is 5.88 Å². The smallest absolute Gasteiger partial charge is 0.220 e. The molecule has 0 amide bonds. The van der Waals surface area contributed by atoms with E-state index in [-0.39, 0.29) is 18.0 Å². The predicted octanol–water partition coefficient (Wildman–Crippen LogP) is 0.901. The third kappa shape index (κ3) is 2.91. The fourth-order valence-electron chi connectivity index (χ4n) is 3.44. The highest BCUT2D eigenvalue weighted by molar-refractivity contribution is 5.80. The van der Waals surface area contributed by atoms with E-state index in [1.165, 1.54) is 0 Å². The lowest BCUT2D eigenvalue weighted by atomic mass is 10.2. The van der Waals surface area contributed by atoms with E-state index in [4.69, 9.17) is 4.74 Å². The molecule has 0 spiro atoms. The summed E-state index contributed by atoms with van der Waals surface area (Å²) in [6.45, 7) is 0. The SMILES string of the molecule is CO[C@H]1CCC[C@@H]1Nc1nc(/C=c2\ccc3c(c2)C=NN=3)c(O)n1C. The van der Waals surface area contributed by atoms with Crippen molar-refractivity contribution in [3.63, 3.8) is 0 Å². The molecule has 1 aromatic carbocycles. The zero-order chi connectivity index (χ0) is 17.4. The minimum atomic E-state index is 0.133. The Kier molecular flexibility index (Phi) is 4.01. The van der Waals surface area contributed by atoms with Gasteiger partial charge in [-0.05, 0) is 42.7 Å². The Morgan fingerprint density at radius 1 is 1.36 bits per heavy atom. The Hall–Kier alpha value is -2.67. The summed E-state index contributed by atoms with van der Waals surface area (Å²) in [4.78, 5) is 4.56. The van der Waals surface area contributed by atoms with Gasteiger partial charge in [0.25, 0.3) is 0 Å². The third-order valence-electron chi connectivity index (χ3n) is 4.88. The van der Waals surface area contributed by atoms with Gasteiger partial charge in [0, 0.05) is 19.7 Å². The van der Waals surface area contributed by atoms with E-state index >= 15 is 0 Å². The van der Waals surface area contributed by atoms with Crippen LogP contribution < -0.4 is 15.9 Å². The minimum Gasteiger partial charge on any atom is -0.493 e. The molecule has 7 heteroatoms. The molecule has 2 heterocycles. The number of imidazole rings is 1. The lowest BCUT2D eigenvalue weighted by Crippen LogP contribution is -2.30. The van der Waals surface area contributed by atoms with Crippen molar-refractivity contribution in [2.24, 2.45) is 17.3 Å². The number of anilines is 1. The van der Waals surface area contributed by atoms with Gasteiger partial charge in [0.2, 0.25) is 11.8 Å². The molecule has 2 atom stereocenters. The molecule has 0 radical (unpaired) electrons. The van der Waals surface area contributed by atoms with Gasteiger partial charge in [-0.1, -0.05) is 6.07 Å². The maximum atomic E-state index is 10.4. The highest BCUT2D eigenvalue weighted by atomic mass is 16.5. The molecular formula is C18H21N5O2. The van der Waals surface area contributed by atoms with Crippen molar-refractivity contribution >= 4 is 18.2 Å². The molecule has 7 nitrogen and oxygen atoms in total. The van der Waals surface area contributed by atoms with Crippen molar-refractivity contribution in [3.8, 4) is 5.88 Å². The lowest BCUT2D eigenvalue weighted by molar-refractivity contribution is 0.101. The summed E-state index contributed by atoms with van der Waals surface area (Å²) in [5, 5.41) is 23.6. The van der Waals surface area contributed by atoms with Crippen molar-refractivity contribution in [1.82, 2.24) is 9.55 Å². The normalized spacial score (nSPS) is 22.2. The van der Waals surface area contributed by atoms with Gasteiger partial charge in [-0.15, -0.1) is 0 Å². The summed E-state index contributed by atoms with van der Waals surface area (Å²) in [6.07, 6.45) is 6.99. The molecule has 4 rings (SSSR count). The van der Waals surface area contributed by atoms with E-state index in [1.54, 1.807) is 24.9 Å². The molecule has 25 heavy (non-hydrogen) atoms. The topological polar surface area (TPSA) is 84.0 Å². The average Bonchev–Trinajstić information content (AvgIpc) is 3.32. The summed E-state index contributed by atoms with van der Waals surface area (Å²) in [5.74, 6) is 0.781. The second-order valence-corrected chi connectivity index (χ2v) is 6.47. The van der Waals surface area contributed by atoms with Crippen LogP contribution in [0.1, 0.15) is 30.5 Å². The molecule has 1 aliphatic heterocycles. The van der Waals surface area contributed by atoms with E-state index in [0.717, 1.165) is 35.4 Å². The van der Waals surface area contributed by atoms with Gasteiger partial charge in [-0.25, -0.2) is 4.98 Å². The Morgan fingerprint density at radius 2 is 2.24 bits per heavy atom. The van der Waals surface area contributed by atoms with Crippen LogP contribution in [-0.4, -0.2) is 40.1 Å². The maximum absolute atomic E-state index is 10.4. The van der Waals surface area contributed by atoms with Crippen LogP contribution in [0.15, 0.2) is 28.4 Å². The molecular weight excluding hydrogens is 318 g/mol. The molecule has 2 aromatic rings. The summed E-state index contributed by atoms with van der Waals surface area (Å²) < 4.78 is 7.19. The summed E-state index contributed by atoms with van der Waals surface area (Å²) in [7, 11) is 3.54. The first-order valence-electron chi connectivity index (χ1n) is 8.43. The molecule has 1 aromatic heterocycles. The maximum Gasteiger partial charge on any atom is 0.220 e. The van der Waals surface area contributed by atoms with E-state index < -0.39 is 0 Å². The summed E-state index contributed by atoms with van der Waals surface area (Å²) in [6, 6.07) is 6.05. The monoisotopic (exact) mass is 339 g/mol. The van der Waals surface area contributed by atoms with Crippen molar-refractivity contribution in [1.29, 1.82) is 0 Å². The number of fused-ring (bicyclic) bond motifs is 1.